The number of ether oxygens (including phenoxy) is 1. The van der Waals surface area contributed by atoms with E-state index in [9.17, 15) is 14.4 Å². The quantitative estimate of drug-likeness (QED) is 0.315. The van der Waals surface area contributed by atoms with Crippen molar-refractivity contribution in [2.24, 2.45) is 0 Å². The molecule has 0 aliphatic carbocycles. The van der Waals surface area contributed by atoms with E-state index in [1.165, 1.54) is 50.1 Å². The maximum absolute atomic E-state index is 11.4. The van der Waals surface area contributed by atoms with Gasteiger partial charge in [0.25, 0.3) is 0 Å². The fraction of sp³-hybridized carbons (Fsp3) is 0.800. The highest BCUT2D eigenvalue weighted by Crippen LogP contribution is 2.13. The minimum atomic E-state index is -0.389. The zero-order valence-corrected chi connectivity index (χ0v) is 22.3. The number of esters is 1. The van der Waals surface area contributed by atoms with E-state index in [1.54, 1.807) is 27.0 Å². The van der Waals surface area contributed by atoms with Crippen LogP contribution in [0.4, 0.5) is 0 Å². The van der Waals surface area contributed by atoms with Gasteiger partial charge < -0.3 is 19.9 Å². The van der Waals surface area contributed by atoms with E-state index in [0.717, 1.165) is 6.04 Å². The number of amides is 2. The fourth-order valence-electron chi connectivity index (χ4n) is 2.59. The van der Waals surface area contributed by atoms with Crippen LogP contribution in [0.25, 0.3) is 0 Å². The minimum absolute atomic E-state index is 0.0493. The smallest absolute Gasteiger partial charge is 0.333 e. The van der Waals surface area contributed by atoms with Crippen LogP contribution in [0.2, 0.25) is 0 Å². The molecule has 0 aromatic rings. The Balaban J connectivity index is -0.000000471. The van der Waals surface area contributed by atoms with Crippen LogP contribution < -0.4 is 5.32 Å². The summed E-state index contributed by atoms with van der Waals surface area (Å²) in [4.78, 5) is 36.6. The van der Waals surface area contributed by atoms with E-state index in [-0.39, 0.29) is 18.4 Å². The van der Waals surface area contributed by atoms with Crippen LogP contribution in [0.5, 0.6) is 0 Å². The van der Waals surface area contributed by atoms with Gasteiger partial charge in [-0.3, -0.25) is 9.59 Å². The first-order valence-electron chi connectivity index (χ1n) is 12.3. The number of rotatable bonds is 9. The Kier molecular flexibility index (Phi) is 27.5. The van der Waals surface area contributed by atoms with Gasteiger partial charge in [-0.25, -0.2) is 4.79 Å². The van der Waals surface area contributed by atoms with Gasteiger partial charge in [0.2, 0.25) is 12.3 Å². The molecule has 1 fully saturated rings. The predicted molar refractivity (Wildman–Crippen MR) is 135 cm³/mol. The minimum Gasteiger partial charge on any atom is -0.463 e. The van der Waals surface area contributed by atoms with Crippen molar-refractivity contribution >= 4 is 18.3 Å². The van der Waals surface area contributed by atoms with Crippen molar-refractivity contribution in [2.45, 2.75) is 93.5 Å². The number of hydrogen-bond donors (Lipinski definition) is 1. The van der Waals surface area contributed by atoms with Crippen LogP contribution in [-0.2, 0) is 19.1 Å². The highest BCUT2D eigenvalue weighted by atomic mass is 16.5. The summed E-state index contributed by atoms with van der Waals surface area (Å²) in [5.41, 5.74) is 0.454. The summed E-state index contributed by atoms with van der Waals surface area (Å²) >= 11 is 0. The molecule has 0 saturated carbocycles. The lowest BCUT2D eigenvalue weighted by atomic mass is 10.1. The van der Waals surface area contributed by atoms with Gasteiger partial charge in [-0.1, -0.05) is 53.5 Å². The third-order valence-corrected chi connectivity index (χ3v) is 4.64. The molecule has 32 heavy (non-hydrogen) atoms. The monoisotopic (exact) mass is 457 g/mol. The van der Waals surface area contributed by atoms with E-state index in [4.69, 9.17) is 4.74 Å². The molecule has 1 atom stereocenters. The zero-order chi connectivity index (χ0) is 25.4. The van der Waals surface area contributed by atoms with Crippen LogP contribution in [0.1, 0.15) is 87.5 Å². The summed E-state index contributed by atoms with van der Waals surface area (Å²) in [6, 6.07) is 0.820. The summed E-state index contributed by atoms with van der Waals surface area (Å²) in [5.74, 6) is -0.621. The number of nitrogens with one attached hydrogen (secondary N) is 1. The number of hydrogen-bond acceptors (Lipinski definition) is 5. The molecule has 0 aromatic carbocycles. The van der Waals surface area contributed by atoms with Crippen molar-refractivity contribution in [1.29, 1.82) is 0 Å². The van der Waals surface area contributed by atoms with Gasteiger partial charge in [0, 0.05) is 25.2 Å². The normalized spacial score (nSPS) is 14.1. The van der Waals surface area contributed by atoms with E-state index in [2.05, 4.69) is 37.9 Å². The van der Waals surface area contributed by atoms with Crippen molar-refractivity contribution in [1.82, 2.24) is 15.1 Å². The van der Waals surface area contributed by atoms with Crippen molar-refractivity contribution in [3.63, 3.8) is 0 Å². The van der Waals surface area contributed by atoms with E-state index in [0.29, 0.717) is 25.1 Å². The number of nitrogens with zero attached hydrogens (tertiary/aromatic N) is 2. The molecule has 1 saturated heterocycles. The molecule has 7 heteroatoms. The highest BCUT2D eigenvalue weighted by molar-refractivity contribution is 5.88. The van der Waals surface area contributed by atoms with Crippen LogP contribution in [0, 0.1) is 0 Å². The SMILES string of the molecule is CC.CCC.CCC(C)N1CCCCC1.CCOC(=O)/C(C)=C/CN(C)C(=O)CNC=O. The fourth-order valence-corrected chi connectivity index (χ4v) is 2.59. The van der Waals surface area contributed by atoms with Gasteiger partial charge >= 0.3 is 5.97 Å². The lowest BCUT2D eigenvalue weighted by Crippen LogP contribution is -2.36. The molecule has 1 heterocycles. The first-order valence-corrected chi connectivity index (χ1v) is 12.3. The van der Waals surface area contributed by atoms with Crippen LogP contribution in [0.15, 0.2) is 11.6 Å². The Bertz CT molecular complexity index is 490. The summed E-state index contributed by atoms with van der Waals surface area (Å²) < 4.78 is 4.79. The van der Waals surface area contributed by atoms with Gasteiger partial charge in [0.05, 0.1) is 13.2 Å². The average molecular weight is 458 g/mol. The Morgan fingerprint density at radius 2 is 1.62 bits per heavy atom. The van der Waals surface area contributed by atoms with Crippen molar-refractivity contribution < 1.29 is 19.1 Å². The zero-order valence-electron chi connectivity index (χ0n) is 22.3. The molecule has 7 nitrogen and oxygen atoms in total. The predicted octanol–water partition coefficient (Wildman–Crippen LogP) is 4.41. The second-order valence-electron chi connectivity index (χ2n) is 7.44. The van der Waals surface area contributed by atoms with Crippen molar-refractivity contribution in [3.05, 3.63) is 11.6 Å². The highest BCUT2D eigenvalue weighted by Gasteiger charge is 2.14. The van der Waals surface area contributed by atoms with E-state index >= 15 is 0 Å². The van der Waals surface area contributed by atoms with Gasteiger partial charge in [0.1, 0.15) is 0 Å². The topological polar surface area (TPSA) is 79.0 Å². The molecule has 190 valence electrons. The maximum atomic E-state index is 11.4. The average Bonchev–Trinajstić information content (AvgIpc) is 2.83. The molecule has 2 amide bonds. The van der Waals surface area contributed by atoms with Crippen LogP contribution in [0.3, 0.4) is 0 Å². The molecule has 1 unspecified atom stereocenters. The second kappa shape index (κ2) is 25.4. The van der Waals surface area contributed by atoms with E-state index in [1.807, 2.05) is 13.8 Å². The second-order valence-corrected chi connectivity index (χ2v) is 7.44. The summed E-state index contributed by atoms with van der Waals surface area (Å²) in [7, 11) is 1.59. The molecule has 0 bridgehead atoms. The summed E-state index contributed by atoms with van der Waals surface area (Å²) in [6.45, 7) is 19.5. The van der Waals surface area contributed by atoms with Gasteiger partial charge in [-0.05, 0) is 53.1 Å². The largest absolute Gasteiger partial charge is 0.463 e. The number of likely N-dealkylation sites (N-methyl/N-ethyl adjacent to an activating group) is 1. The summed E-state index contributed by atoms with van der Waals surface area (Å²) in [6.07, 6.45) is 8.92. The molecular formula is C25H51N3O4. The molecule has 1 aliphatic heterocycles. The molecule has 1 aliphatic rings. The van der Waals surface area contributed by atoms with Crippen molar-refractivity contribution in [2.75, 3.05) is 39.8 Å². The van der Waals surface area contributed by atoms with Gasteiger partial charge in [-0.2, -0.15) is 0 Å². The third kappa shape index (κ3) is 20.0. The molecule has 0 spiro atoms. The summed E-state index contributed by atoms with van der Waals surface area (Å²) in [5, 5.41) is 2.28. The van der Waals surface area contributed by atoms with Crippen LogP contribution >= 0.6 is 0 Å². The Morgan fingerprint density at radius 1 is 1.09 bits per heavy atom. The van der Waals surface area contributed by atoms with Crippen molar-refractivity contribution in [3.8, 4) is 0 Å². The molecule has 1 N–H and O–H groups in total. The number of piperidine rings is 1. The Labute approximate surface area is 197 Å². The lowest BCUT2D eigenvalue weighted by molar-refractivity contribution is -0.138. The lowest BCUT2D eigenvalue weighted by Gasteiger charge is -2.31. The molecular weight excluding hydrogens is 406 g/mol. The van der Waals surface area contributed by atoms with Gasteiger partial charge in [0.15, 0.2) is 0 Å². The third-order valence-electron chi connectivity index (χ3n) is 4.64. The van der Waals surface area contributed by atoms with E-state index < -0.39 is 0 Å². The number of likely N-dealkylation sites (tertiary alicyclic amines) is 1. The van der Waals surface area contributed by atoms with Gasteiger partial charge in [-0.15, -0.1) is 0 Å². The Hall–Kier alpha value is -1.89. The maximum Gasteiger partial charge on any atom is 0.333 e. The van der Waals surface area contributed by atoms with Crippen LogP contribution in [-0.4, -0.2) is 74.0 Å². The molecule has 0 aromatic heterocycles. The molecule has 0 radical (unpaired) electrons. The first-order chi connectivity index (χ1) is 15.3. The number of carbonyl (C=O) groups is 3. The standard InChI is InChI=1S/C11H18N2O4.C9H19N.C3H8.C2H6/c1-4-17-11(16)9(2)5-6-13(3)10(15)7-12-8-14;1-3-9(2)10-7-5-4-6-8-10;1-3-2;1-2/h5,8H,4,6-7H2,1-3H3,(H,12,14);9H,3-8H2,1-2H3;3H2,1-2H3;1-2H3/b9-5+;;;. The Morgan fingerprint density at radius 3 is 2.06 bits per heavy atom. The molecule has 1 rings (SSSR count). The number of carbonyl (C=O) groups excluding carboxylic acids is 3. The first kappa shape index (κ1) is 34.7.